The Kier molecular flexibility index (Phi) is 11.2. The van der Waals surface area contributed by atoms with Crippen LogP contribution < -0.4 is 10.6 Å². The summed E-state index contributed by atoms with van der Waals surface area (Å²) >= 11 is 5.95. The van der Waals surface area contributed by atoms with Gasteiger partial charge in [0.1, 0.15) is 18.4 Å². The van der Waals surface area contributed by atoms with Gasteiger partial charge in [0.05, 0.1) is 35.1 Å². The third kappa shape index (κ3) is 8.57. The number of carbonyl (C=O) groups excluding carboxylic acids is 3. The van der Waals surface area contributed by atoms with Crippen molar-refractivity contribution in [3.8, 4) is 11.4 Å². The molecule has 14 heteroatoms. The summed E-state index contributed by atoms with van der Waals surface area (Å²) in [5, 5.41) is 5.45. The number of hydrogen-bond acceptors (Lipinski definition) is 6. The Bertz CT molecular complexity index is 1780. The quantitative estimate of drug-likeness (QED) is 0.139. The topological polar surface area (TPSA) is 115 Å². The van der Waals surface area contributed by atoms with Crippen molar-refractivity contribution in [1.29, 1.82) is 0 Å². The minimum absolute atomic E-state index is 0.177. The monoisotopic (exact) mass is 713 g/mol. The summed E-state index contributed by atoms with van der Waals surface area (Å²) < 4.78 is 42.4. The number of halogens is 3. The van der Waals surface area contributed by atoms with E-state index in [9.17, 15) is 23.2 Å². The van der Waals surface area contributed by atoms with Gasteiger partial charge in [0, 0.05) is 50.7 Å². The fourth-order valence-electron chi connectivity index (χ4n) is 5.99. The maximum absolute atomic E-state index is 14.9. The molecule has 262 valence electrons. The van der Waals surface area contributed by atoms with Gasteiger partial charge in [-0.15, -0.1) is 0 Å². The summed E-state index contributed by atoms with van der Waals surface area (Å²) in [4.78, 5) is 45.8. The Hall–Kier alpha value is -4.07. The van der Waals surface area contributed by atoms with Crippen LogP contribution in [-0.2, 0) is 25.8 Å². The number of fused-ring (bicyclic) bond motifs is 4. The summed E-state index contributed by atoms with van der Waals surface area (Å²) in [6.07, 6.45) is 4.34. The molecule has 10 nitrogen and oxygen atoms in total. The largest absolute Gasteiger partial charge is 0.453 e. The number of amides is 3. The molecule has 49 heavy (non-hydrogen) atoms. The molecule has 0 saturated heterocycles. The van der Waals surface area contributed by atoms with Crippen LogP contribution in [0.5, 0.6) is 0 Å². The van der Waals surface area contributed by atoms with Gasteiger partial charge in [-0.1, -0.05) is 44.6 Å². The molecule has 3 amide bonds. The second kappa shape index (κ2) is 15.2. The number of anilines is 2. The highest BCUT2D eigenvalue weighted by Gasteiger charge is 2.33. The average Bonchev–Trinajstić information content (AvgIpc) is 3.46. The first-order valence-corrected chi connectivity index (χ1v) is 20.4. The highest BCUT2D eigenvalue weighted by molar-refractivity contribution is 6.76. The summed E-state index contributed by atoms with van der Waals surface area (Å²) in [6.45, 7) is 9.59. The first kappa shape index (κ1) is 36.2. The Labute approximate surface area is 290 Å². The smallest absolute Gasteiger partial charge is 0.411 e. The lowest BCUT2D eigenvalue weighted by molar-refractivity contribution is -0.129. The van der Waals surface area contributed by atoms with Gasteiger partial charge >= 0.3 is 6.09 Å². The normalized spacial score (nSPS) is 18.5. The molecular weight excluding hydrogens is 672 g/mol. The van der Waals surface area contributed by atoms with Gasteiger partial charge in [-0.2, -0.15) is 0 Å². The van der Waals surface area contributed by atoms with Crippen LogP contribution in [0.4, 0.5) is 25.0 Å². The highest BCUT2D eigenvalue weighted by atomic mass is 35.5. The molecular formula is C35H42ClF2N5O5Si. The molecule has 2 aliphatic heterocycles. The number of benzene rings is 2. The Morgan fingerprint density at radius 1 is 1.16 bits per heavy atom. The lowest BCUT2D eigenvalue weighted by atomic mass is 9.94. The molecule has 2 aliphatic rings. The third-order valence-corrected chi connectivity index (χ3v) is 10.8. The summed E-state index contributed by atoms with van der Waals surface area (Å²) in [7, 11) is -0.0984. The van der Waals surface area contributed by atoms with E-state index in [1.165, 1.54) is 13.2 Å². The van der Waals surface area contributed by atoms with E-state index >= 15 is 0 Å². The van der Waals surface area contributed by atoms with E-state index in [1.54, 1.807) is 23.1 Å². The van der Waals surface area contributed by atoms with E-state index in [1.807, 2.05) is 17.7 Å². The van der Waals surface area contributed by atoms with Crippen LogP contribution in [0, 0.1) is 17.6 Å². The molecule has 2 aromatic carbocycles. The van der Waals surface area contributed by atoms with Crippen LogP contribution >= 0.6 is 11.6 Å². The van der Waals surface area contributed by atoms with E-state index in [0.29, 0.717) is 54.3 Å². The van der Waals surface area contributed by atoms with E-state index in [-0.39, 0.29) is 47.7 Å². The van der Waals surface area contributed by atoms with Crippen molar-refractivity contribution in [1.82, 2.24) is 14.5 Å². The predicted octanol–water partition coefficient (Wildman–Crippen LogP) is 8.09. The minimum atomic E-state index is -1.36. The lowest BCUT2D eigenvalue weighted by Crippen LogP contribution is -2.37. The standard InChI is InChI=1S/C35H42ClF2N5O5Si/c1-21-7-6-8-29(43-14-13-22(17-30(43)44)31-26(37)12-11-25(36)32(31)38)28-19-42(20-48-15-16-49(3,4)5)33(40-28)24-10-9-23(39-35(46)47-2)18-27(24)41-34(21)45/h9-12,17-19,21,29H,6-8,13-16,20H2,1-5H3,(H,39,46)(H,41,45)/t21-,29+/m1/s1. The number of imidazole rings is 1. The Morgan fingerprint density at radius 2 is 1.94 bits per heavy atom. The molecule has 5 rings (SSSR count). The molecule has 2 bridgehead atoms. The SMILES string of the molecule is COC(=O)Nc1ccc2c(c1)NC(=O)[C@H](C)CCC[C@H](N1CCC(c3c(F)ccc(Cl)c3F)=CC1=O)c1cn(COCC[Si](C)(C)C)c-2n1. The van der Waals surface area contributed by atoms with Gasteiger partial charge < -0.3 is 24.3 Å². The number of ether oxygens (including phenoxy) is 2. The second-order valence-corrected chi connectivity index (χ2v) is 19.7. The van der Waals surface area contributed by atoms with Crippen molar-refractivity contribution in [3.05, 3.63) is 70.5 Å². The highest BCUT2D eigenvalue weighted by Crippen LogP contribution is 2.38. The van der Waals surface area contributed by atoms with E-state index < -0.39 is 37.8 Å². The maximum atomic E-state index is 14.9. The zero-order valence-corrected chi connectivity index (χ0v) is 30.1. The van der Waals surface area contributed by atoms with Crippen LogP contribution in [0.3, 0.4) is 0 Å². The first-order chi connectivity index (χ1) is 23.3. The van der Waals surface area contributed by atoms with Gasteiger partial charge in [0.2, 0.25) is 11.8 Å². The minimum Gasteiger partial charge on any atom is -0.453 e. The molecule has 3 heterocycles. The molecule has 1 aromatic heterocycles. The predicted molar refractivity (Wildman–Crippen MR) is 188 cm³/mol. The van der Waals surface area contributed by atoms with Crippen molar-refractivity contribution < 1.29 is 32.6 Å². The number of methoxy groups -OCH3 is 1. The van der Waals surface area contributed by atoms with Crippen molar-refractivity contribution in [2.24, 2.45) is 5.92 Å². The Morgan fingerprint density at radius 3 is 2.65 bits per heavy atom. The molecule has 0 radical (unpaired) electrons. The van der Waals surface area contributed by atoms with Gasteiger partial charge in [-0.3, -0.25) is 14.9 Å². The summed E-state index contributed by atoms with van der Waals surface area (Å²) in [6, 6.07) is 7.81. The summed E-state index contributed by atoms with van der Waals surface area (Å²) in [5.74, 6) is -2.14. The summed E-state index contributed by atoms with van der Waals surface area (Å²) in [5.41, 5.74) is 2.02. The average molecular weight is 714 g/mol. The first-order valence-electron chi connectivity index (χ1n) is 16.4. The van der Waals surface area contributed by atoms with Gasteiger partial charge in [0.25, 0.3) is 0 Å². The molecule has 0 fully saturated rings. The number of nitrogens with zero attached hydrogens (tertiary/aromatic N) is 3. The number of hydrogen-bond donors (Lipinski definition) is 2. The molecule has 2 N–H and O–H groups in total. The second-order valence-electron chi connectivity index (χ2n) is 13.7. The van der Waals surface area contributed by atoms with E-state index in [2.05, 4.69) is 30.3 Å². The maximum Gasteiger partial charge on any atom is 0.411 e. The van der Waals surface area contributed by atoms with Crippen LogP contribution in [0.15, 0.2) is 42.6 Å². The van der Waals surface area contributed by atoms with Crippen LogP contribution in [-0.4, -0.2) is 60.7 Å². The fourth-order valence-corrected chi connectivity index (χ4v) is 6.91. The lowest BCUT2D eigenvalue weighted by Gasteiger charge is -2.34. The van der Waals surface area contributed by atoms with E-state index in [0.717, 1.165) is 18.2 Å². The van der Waals surface area contributed by atoms with Gasteiger partial charge in [0.15, 0.2) is 5.82 Å². The van der Waals surface area contributed by atoms with Gasteiger partial charge in [-0.25, -0.2) is 18.6 Å². The number of carbonyl (C=O) groups is 3. The fraction of sp³-hybridized carbons (Fsp3) is 0.429. The molecule has 2 atom stereocenters. The van der Waals surface area contributed by atoms with Crippen molar-refractivity contribution in [2.75, 3.05) is 30.9 Å². The molecule has 0 aliphatic carbocycles. The van der Waals surface area contributed by atoms with Crippen LogP contribution in [0.1, 0.15) is 49.9 Å². The van der Waals surface area contributed by atoms with Crippen LogP contribution in [0.25, 0.3) is 17.0 Å². The molecule has 3 aromatic rings. The van der Waals surface area contributed by atoms with E-state index in [4.69, 9.17) is 26.1 Å². The number of rotatable bonds is 8. The zero-order chi connectivity index (χ0) is 35.5. The van der Waals surface area contributed by atoms with Crippen molar-refractivity contribution in [3.63, 3.8) is 0 Å². The van der Waals surface area contributed by atoms with Crippen molar-refractivity contribution >= 4 is 54.5 Å². The molecule has 0 spiro atoms. The van der Waals surface area contributed by atoms with Crippen molar-refractivity contribution in [2.45, 2.75) is 71.1 Å². The zero-order valence-electron chi connectivity index (χ0n) is 28.4. The third-order valence-electron chi connectivity index (χ3n) is 8.82. The number of aromatic nitrogens is 2. The van der Waals surface area contributed by atoms with Crippen LogP contribution in [0.2, 0.25) is 30.7 Å². The number of nitrogens with one attached hydrogen (secondary N) is 2. The Balaban J connectivity index is 1.56. The molecule has 0 unspecified atom stereocenters. The van der Waals surface area contributed by atoms with Gasteiger partial charge in [-0.05, 0) is 61.2 Å². The molecule has 0 saturated carbocycles.